The van der Waals surface area contributed by atoms with Gasteiger partial charge in [-0.25, -0.2) is 4.98 Å². The molecular weight excluding hydrogens is 318 g/mol. The standard InChI is InChI=1S/C19H17N3OS/c1-13-6-2-3-7-14(13)18(23)20-16-9-5-4-8-15(16)17-12-22-10-11-24-19(22)21-17/h2-9,12H,10-11H2,1H3,(H,20,23). The van der Waals surface area contributed by atoms with Gasteiger partial charge in [0.05, 0.1) is 11.4 Å². The molecule has 1 amide bonds. The molecule has 0 aliphatic carbocycles. The summed E-state index contributed by atoms with van der Waals surface area (Å²) in [6.07, 6.45) is 2.06. The number of fused-ring (bicyclic) bond motifs is 1. The summed E-state index contributed by atoms with van der Waals surface area (Å²) in [5.74, 6) is 0.982. The molecule has 2 heterocycles. The normalized spacial score (nSPS) is 12.9. The van der Waals surface area contributed by atoms with Crippen molar-refractivity contribution in [1.29, 1.82) is 0 Å². The number of hydrogen-bond donors (Lipinski definition) is 1. The average Bonchev–Trinajstić information content (AvgIpc) is 3.17. The quantitative estimate of drug-likeness (QED) is 0.780. The highest BCUT2D eigenvalue weighted by Crippen LogP contribution is 2.32. The fraction of sp³-hybridized carbons (Fsp3) is 0.158. The van der Waals surface area contributed by atoms with Crippen LogP contribution >= 0.6 is 11.8 Å². The molecule has 4 rings (SSSR count). The van der Waals surface area contributed by atoms with Gasteiger partial charge in [0, 0.05) is 29.6 Å². The first-order chi connectivity index (χ1) is 11.7. The summed E-state index contributed by atoms with van der Waals surface area (Å²) in [7, 11) is 0. The summed E-state index contributed by atoms with van der Waals surface area (Å²) >= 11 is 1.77. The zero-order valence-electron chi connectivity index (χ0n) is 13.3. The third-order valence-corrected chi connectivity index (χ3v) is 5.11. The fourth-order valence-electron chi connectivity index (χ4n) is 2.87. The summed E-state index contributed by atoms with van der Waals surface area (Å²) in [6.45, 7) is 2.93. The Balaban J connectivity index is 1.67. The van der Waals surface area contributed by atoms with E-state index in [2.05, 4.69) is 16.1 Å². The van der Waals surface area contributed by atoms with Crippen LogP contribution in [-0.2, 0) is 6.54 Å². The number of carbonyl (C=O) groups excluding carboxylic acids is 1. The fourth-order valence-corrected chi connectivity index (χ4v) is 3.82. The zero-order valence-corrected chi connectivity index (χ0v) is 14.1. The van der Waals surface area contributed by atoms with Gasteiger partial charge in [-0.05, 0) is 24.6 Å². The van der Waals surface area contributed by atoms with E-state index in [9.17, 15) is 4.79 Å². The predicted octanol–water partition coefficient (Wildman–Crippen LogP) is 4.22. The van der Waals surface area contributed by atoms with E-state index in [0.29, 0.717) is 5.56 Å². The maximum Gasteiger partial charge on any atom is 0.255 e. The summed E-state index contributed by atoms with van der Waals surface area (Å²) in [6, 6.07) is 15.4. The molecule has 5 heteroatoms. The van der Waals surface area contributed by atoms with Gasteiger partial charge in [0.15, 0.2) is 5.16 Å². The molecule has 0 bridgehead atoms. The van der Waals surface area contributed by atoms with E-state index in [1.54, 1.807) is 11.8 Å². The Kier molecular flexibility index (Phi) is 3.86. The van der Waals surface area contributed by atoms with Crippen LogP contribution in [0.2, 0.25) is 0 Å². The molecule has 3 aromatic rings. The third-order valence-electron chi connectivity index (χ3n) is 4.14. The number of nitrogens with zero attached hydrogens (tertiary/aromatic N) is 2. The summed E-state index contributed by atoms with van der Waals surface area (Å²) < 4.78 is 2.17. The maximum absolute atomic E-state index is 12.6. The SMILES string of the molecule is Cc1ccccc1C(=O)Nc1ccccc1-c1cn2c(n1)SCC2. The Morgan fingerprint density at radius 1 is 1.17 bits per heavy atom. The van der Waals surface area contributed by atoms with Crippen LogP contribution in [0.1, 0.15) is 15.9 Å². The predicted molar refractivity (Wildman–Crippen MR) is 97.5 cm³/mol. The van der Waals surface area contributed by atoms with Gasteiger partial charge in [-0.2, -0.15) is 0 Å². The van der Waals surface area contributed by atoms with Crippen molar-refractivity contribution < 1.29 is 4.79 Å². The smallest absolute Gasteiger partial charge is 0.255 e. The minimum Gasteiger partial charge on any atom is -0.325 e. The number of aromatic nitrogens is 2. The van der Waals surface area contributed by atoms with E-state index in [1.807, 2.05) is 55.5 Å². The zero-order chi connectivity index (χ0) is 16.5. The van der Waals surface area contributed by atoms with Crippen LogP contribution in [-0.4, -0.2) is 21.2 Å². The maximum atomic E-state index is 12.6. The molecule has 1 N–H and O–H groups in total. The number of benzene rings is 2. The summed E-state index contributed by atoms with van der Waals surface area (Å²) in [4.78, 5) is 17.3. The van der Waals surface area contributed by atoms with Gasteiger partial charge in [0.1, 0.15) is 0 Å². The van der Waals surface area contributed by atoms with Gasteiger partial charge in [-0.3, -0.25) is 4.79 Å². The van der Waals surface area contributed by atoms with E-state index >= 15 is 0 Å². The summed E-state index contributed by atoms with van der Waals surface area (Å²) in [5, 5.41) is 4.08. The molecule has 0 atom stereocenters. The molecule has 1 aliphatic heterocycles. The van der Waals surface area contributed by atoms with Crippen molar-refractivity contribution in [1.82, 2.24) is 9.55 Å². The molecule has 2 aromatic carbocycles. The number of para-hydroxylation sites is 1. The average molecular weight is 335 g/mol. The topological polar surface area (TPSA) is 46.9 Å². The number of hydrogen-bond acceptors (Lipinski definition) is 3. The van der Waals surface area contributed by atoms with Gasteiger partial charge < -0.3 is 9.88 Å². The van der Waals surface area contributed by atoms with Crippen molar-refractivity contribution >= 4 is 23.4 Å². The molecule has 24 heavy (non-hydrogen) atoms. The second-order valence-electron chi connectivity index (χ2n) is 5.77. The minimum absolute atomic E-state index is 0.0957. The number of amides is 1. The van der Waals surface area contributed by atoms with E-state index in [4.69, 9.17) is 4.98 Å². The van der Waals surface area contributed by atoms with Crippen LogP contribution < -0.4 is 5.32 Å². The summed E-state index contributed by atoms with van der Waals surface area (Å²) in [5.41, 5.74) is 4.28. The monoisotopic (exact) mass is 335 g/mol. The van der Waals surface area contributed by atoms with Gasteiger partial charge >= 0.3 is 0 Å². The number of imidazole rings is 1. The molecule has 0 fully saturated rings. The van der Waals surface area contributed by atoms with Crippen LogP contribution in [0.25, 0.3) is 11.3 Å². The second kappa shape index (κ2) is 6.17. The van der Waals surface area contributed by atoms with Crippen molar-refractivity contribution in [2.75, 3.05) is 11.1 Å². The highest BCUT2D eigenvalue weighted by molar-refractivity contribution is 7.99. The molecule has 1 aromatic heterocycles. The first-order valence-corrected chi connectivity index (χ1v) is 8.87. The lowest BCUT2D eigenvalue weighted by Gasteiger charge is -2.11. The Hall–Kier alpha value is -2.53. The van der Waals surface area contributed by atoms with E-state index in [-0.39, 0.29) is 5.91 Å². The Bertz CT molecular complexity index is 895. The van der Waals surface area contributed by atoms with Crippen LogP contribution in [0.3, 0.4) is 0 Å². The van der Waals surface area contributed by atoms with Crippen molar-refractivity contribution in [3.63, 3.8) is 0 Å². The number of aryl methyl sites for hydroxylation is 2. The van der Waals surface area contributed by atoms with Crippen LogP contribution in [0.15, 0.2) is 59.9 Å². The van der Waals surface area contributed by atoms with Crippen molar-refractivity contribution in [3.8, 4) is 11.3 Å². The van der Waals surface area contributed by atoms with Gasteiger partial charge in [-0.15, -0.1) is 0 Å². The molecule has 0 saturated heterocycles. The molecule has 0 spiro atoms. The number of nitrogens with one attached hydrogen (secondary N) is 1. The highest BCUT2D eigenvalue weighted by atomic mass is 32.2. The van der Waals surface area contributed by atoms with Crippen molar-refractivity contribution in [2.45, 2.75) is 18.6 Å². The molecule has 0 radical (unpaired) electrons. The molecular formula is C19H17N3OS. The van der Waals surface area contributed by atoms with Gasteiger partial charge in [0.2, 0.25) is 0 Å². The van der Waals surface area contributed by atoms with E-state index in [1.165, 1.54) is 0 Å². The first kappa shape index (κ1) is 15.0. The lowest BCUT2D eigenvalue weighted by Crippen LogP contribution is -2.13. The van der Waals surface area contributed by atoms with Crippen LogP contribution in [0.5, 0.6) is 0 Å². The van der Waals surface area contributed by atoms with Crippen molar-refractivity contribution in [2.24, 2.45) is 0 Å². The van der Waals surface area contributed by atoms with Crippen LogP contribution in [0, 0.1) is 6.92 Å². The largest absolute Gasteiger partial charge is 0.325 e. The highest BCUT2D eigenvalue weighted by Gasteiger charge is 2.18. The number of carbonyl (C=O) groups is 1. The molecule has 0 saturated carbocycles. The van der Waals surface area contributed by atoms with Crippen LogP contribution in [0.4, 0.5) is 5.69 Å². The number of rotatable bonds is 3. The van der Waals surface area contributed by atoms with E-state index in [0.717, 1.165) is 40.0 Å². The Morgan fingerprint density at radius 2 is 1.96 bits per heavy atom. The van der Waals surface area contributed by atoms with Gasteiger partial charge in [-0.1, -0.05) is 48.2 Å². The van der Waals surface area contributed by atoms with E-state index < -0.39 is 0 Å². The Morgan fingerprint density at radius 3 is 2.79 bits per heavy atom. The van der Waals surface area contributed by atoms with Gasteiger partial charge in [0.25, 0.3) is 5.91 Å². The third kappa shape index (κ3) is 2.71. The molecule has 1 aliphatic rings. The minimum atomic E-state index is -0.0957. The molecule has 120 valence electrons. The second-order valence-corrected chi connectivity index (χ2v) is 6.83. The number of anilines is 1. The molecule has 0 unspecified atom stereocenters. The first-order valence-electron chi connectivity index (χ1n) is 7.89. The number of thioether (sulfide) groups is 1. The molecule has 4 nitrogen and oxygen atoms in total. The lowest BCUT2D eigenvalue weighted by molar-refractivity contribution is 0.102. The van der Waals surface area contributed by atoms with Crippen molar-refractivity contribution in [3.05, 3.63) is 65.9 Å². The Labute approximate surface area is 144 Å². The lowest BCUT2D eigenvalue weighted by atomic mass is 10.1.